The summed E-state index contributed by atoms with van der Waals surface area (Å²) in [5.74, 6) is -0.287. The normalized spacial score (nSPS) is 10.6. The van der Waals surface area contributed by atoms with Crippen LogP contribution in [0.5, 0.6) is 0 Å². The van der Waals surface area contributed by atoms with Crippen molar-refractivity contribution >= 4 is 39.0 Å². The first-order valence-electron chi connectivity index (χ1n) is 4.95. The Kier molecular flexibility index (Phi) is 3.58. The first-order valence-corrected chi connectivity index (χ1v) is 6.62. The van der Waals surface area contributed by atoms with E-state index >= 15 is 0 Å². The van der Waals surface area contributed by atoms with Gasteiger partial charge in [0.1, 0.15) is 0 Å². The zero-order valence-corrected chi connectivity index (χ0v) is 11.7. The summed E-state index contributed by atoms with van der Waals surface area (Å²) in [6, 6.07) is 3.70. The lowest BCUT2D eigenvalue weighted by Crippen LogP contribution is -2.14. The molecule has 0 saturated heterocycles. The fraction of sp³-hybridized carbons (Fsp3) is 0.200. The molecular weight excluding hydrogens is 322 g/mol. The van der Waals surface area contributed by atoms with Gasteiger partial charge < -0.3 is 10.1 Å². The Labute approximate surface area is 115 Å². The number of nitro groups is 1. The van der Waals surface area contributed by atoms with Crippen molar-refractivity contribution in [3.8, 4) is 0 Å². The zero-order chi connectivity index (χ0) is 13.3. The third kappa shape index (κ3) is 2.34. The molecule has 2 aromatic rings. The van der Waals surface area contributed by atoms with E-state index in [9.17, 15) is 14.9 Å². The average Bonchev–Trinajstić information content (AvgIpc) is 2.86. The number of aromatic nitrogens is 2. The second-order valence-electron chi connectivity index (χ2n) is 3.52. The van der Waals surface area contributed by atoms with Gasteiger partial charge in [0.05, 0.1) is 6.42 Å². The molecular formula is C10H8BrN3O3S. The number of rotatable bonds is 3. The van der Waals surface area contributed by atoms with Gasteiger partial charge in [-0.2, -0.15) is 0 Å². The molecule has 0 atom stereocenters. The van der Waals surface area contributed by atoms with Gasteiger partial charge in [-0.1, -0.05) is 6.07 Å². The summed E-state index contributed by atoms with van der Waals surface area (Å²) in [4.78, 5) is 26.8. The van der Waals surface area contributed by atoms with Crippen molar-refractivity contribution in [1.29, 1.82) is 0 Å². The molecule has 0 bridgehead atoms. The Balaban J connectivity index is 2.33. The summed E-state index contributed by atoms with van der Waals surface area (Å²) in [7, 11) is 0. The van der Waals surface area contributed by atoms with Crippen LogP contribution in [0.15, 0.2) is 22.1 Å². The molecule has 6 nitrogen and oxygen atoms in total. The van der Waals surface area contributed by atoms with Gasteiger partial charge in [-0.3, -0.25) is 4.79 Å². The fourth-order valence-electron chi connectivity index (χ4n) is 1.54. The summed E-state index contributed by atoms with van der Waals surface area (Å²) in [6.07, 6.45) is 0.199. The molecule has 0 amide bonds. The number of aryl methyl sites for hydroxylation is 1. The minimum absolute atomic E-state index is 0.0894. The lowest BCUT2D eigenvalue weighted by atomic mass is 10.3. The van der Waals surface area contributed by atoms with Crippen LogP contribution >= 0.6 is 27.3 Å². The number of carbonyl (C=O) groups excluding carboxylic acids is 1. The number of imidazole rings is 1. The van der Waals surface area contributed by atoms with E-state index in [0.29, 0.717) is 5.82 Å². The van der Waals surface area contributed by atoms with E-state index in [-0.39, 0.29) is 22.7 Å². The van der Waals surface area contributed by atoms with Gasteiger partial charge in [0.2, 0.25) is 11.7 Å². The molecule has 8 heteroatoms. The SMILES string of the molecule is Cc1nc([N+](=O)[O-])c(Br)n1C(=O)Cc1cccs1. The molecule has 0 aliphatic heterocycles. The van der Waals surface area contributed by atoms with Gasteiger partial charge in [-0.15, -0.1) is 11.3 Å². The topological polar surface area (TPSA) is 78.0 Å². The van der Waals surface area contributed by atoms with Gasteiger partial charge in [0.25, 0.3) is 0 Å². The zero-order valence-electron chi connectivity index (χ0n) is 9.29. The molecule has 0 saturated carbocycles. The average molecular weight is 330 g/mol. The lowest BCUT2D eigenvalue weighted by molar-refractivity contribution is -0.390. The first-order chi connectivity index (χ1) is 8.50. The van der Waals surface area contributed by atoms with Crippen LogP contribution < -0.4 is 0 Å². The van der Waals surface area contributed by atoms with E-state index in [4.69, 9.17) is 0 Å². The van der Waals surface area contributed by atoms with Crippen LogP contribution in [-0.2, 0) is 6.42 Å². The quantitative estimate of drug-likeness (QED) is 0.640. The van der Waals surface area contributed by atoms with Crippen molar-refractivity contribution < 1.29 is 9.72 Å². The van der Waals surface area contributed by atoms with E-state index in [1.54, 1.807) is 6.92 Å². The monoisotopic (exact) mass is 329 g/mol. The summed E-state index contributed by atoms with van der Waals surface area (Å²) >= 11 is 4.52. The number of thiophene rings is 1. The molecule has 18 heavy (non-hydrogen) atoms. The van der Waals surface area contributed by atoms with Crippen molar-refractivity contribution in [3.05, 3.63) is 42.9 Å². The molecule has 0 unspecified atom stereocenters. The molecule has 0 aliphatic carbocycles. The molecule has 0 radical (unpaired) electrons. The maximum Gasteiger partial charge on any atom is 0.397 e. The molecule has 2 rings (SSSR count). The van der Waals surface area contributed by atoms with Crippen LogP contribution in [0.2, 0.25) is 0 Å². The van der Waals surface area contributed by atoms with Crippen LogP contribution in [0.3, 0.4) is 0 Å². The maximum atomic E-state index is 12.1. The van der Waals surface area contributed by atoms with Crippen molar-refractivity contribution in [3.63, 3.8) is 0 Å². The Morgan fingerprint density at radius 3 is 2.89 bits per heavy atom. The van der Waals surface area contributed by atoms with Gasteiger partial charge in [0, 0.05) is 11.8 Å². The van der Waals surface area contributed by atoms with E-state index in [0.717, 1.165) is 4.88 Å². The minimum Gasteiger partial charge on any atom is -0.358 e. The van der Waals surface area contributed by atoms with E-state index in [1.807, 2.05) is 17.5 Å². The molecule has 2 aromatic heterocycles. The lowest BCUT2D eigenvalue weighted by Gasteiger charge is -2.01. The smallest absolute Gasteiger partial charge is 0.358 e. The minimum atomic E-state index is -0.619. The fourth-order valence-corrected chi connectivity index (χ4v) is 2.92. The Morgan fingerprint density at radius 2 is 2.39 bits per heavy atom. The number of hydrogen-bond acceptors (Lipinski definition) is 5. The van der Waals surface area contributed by atoms with Gasteiger partial charge in [-0.25, -0.2) is 4.57 Å². The van der Waals surface area contributed by atoms with E-state index in [2.05, 4.69) is 20.9 Å². The standard InChI is InChI=1S/C10H8BrN3O3S/c1-6-12-10(14(16)17)9(11)13(6)8(15)5-7-3-2-4-18-7/h2-4H,5H2,1H3. The van der Waals surface area contributed by atoms with Gasteiger partial charge in [0.15, 0.2) is 4.60 Å². The Morgan fingerprint density at radius 1 is 1.67 bits per heavy atom. The Hall–Kier alpha value is -1.54. The highest BCUT2D eigenvalue weighted by Crippen LogP contribution is 2.25. The number of hydrogen-bond donors (Lipinski definition) is 0. The van der Waals surface area contributed by atoms with Crippen molar-refractivity contribution in [2.75, 3.05) is 0 Å². The predicted octanol–water partition coefficient (Wildman–Crippen LogP) is 2.81. The Bertz CT molecular complexity index is 606. The summed E-state index contributed by atoms with van der Waals surface area (Å²) in [5, 5.41) is 12.6. The third-order valence-corrected chi connectivity index (χ3v) is 3.89. The predicted molar refractivity (Wildman–Crippen MR) is 70.0 cm³/mol. The van der Waals surface area contributed by atoms with E-state index in [1.165, 1.54) is 15.9 Å². The number of carbonyl (C=O) groups is 1. The molecule has 0 aromatic carbocycles. The third-order valence-electron chi connectivity index (χ3n) is 2.30. The van der Waals surface area contributed by atoms with Crippen LogP contribution in [0.1, 0.15) is 15.5 Å². The first kappa shape index (κ1) is 12.9. The van der Waals surface area contributed by atoms with Crippen molar-refractivity contribution in [2.45, 2.75) is 13.3 Å². The van der Waals surface area contributed by atoms with Gasteiger partial charge in [-0.05, 0) is 37.3 Å². The highest BCUT2D eigenvalue weighted by molar-refractivity contribution is 9.10. The van der Waals surface area contributed by atoms with Crippen LogP contribution in [0.4, 0.5) is 5.82 Å². The van der Waals surface area contributed by atoms with Crippen LogP contribution in [0.25, 0.3) is 0 Å². The maximum absolute atomic E-state index is 12.1. The largest absolute Gasteiger partial charge is 0.397 e. The van der Waals surface area contributed by atoms with Gasteiger partial charge >= 0.3 is 5.82 Å². The summed E-state index contributed by atoms with van der Waals surface area (Å²) in [5.41, 5.74) is 0. The molecule has 2 heterocycles. The summed E-state index contributed by atoms with van der Waals surface area (Å²) < 4.78 is 1.31. The molecule has 0 fully saturated rings. The van der Waals surface area contributed by atoms with Crippen molar-refractivity contribution in [2.24, 2.45) is 0 Å². The van der Waals surface area contributed by atoms with E-state index < -0.39 is 4.92 Å². The highest BCUT2D eigenvalue weighted by Gasteiger charge is 2.27. The highest BCUT2D eigenvalue weighted by atomic mass is 79.9. The second-order valence-corrected chi connectivity index (χ2v) is 5.30. The molecule has 94 valence electrons. The van der Waals surface area contributed by atoms with Crippen molar-refractivity contribution in [1.82, 2.24) is 9.55 Å². The molecule has 0 N–H and O–H groups in total. The number of nitrogens with zero attached hydrogens (tertiary/aromatic N) is 3. The van der Waals surface area contributed by atoms with Crippen LogP contribution in [0, 0.1) is 17.0 Å². The summed E-state index contributed by atoms with van der Waals surface area (Å²) in [6.45, 7) is 1.56. The second kappa shape index (κ2) is 4.99. The molecule has 0 spiro atoms. The van der Waals surface area contributed by atoms with Crippen LogP contribution in [-0.4, -0.2) is 20.4 Å². The number of halogens is 1. The molecule has 0 aliphatic rings.